The molecule has 0 spiro atoms. The van der Waals surface area contributed by atoms with Gasteiger partial charge >= 0.3 is 6.03 Å². The minimum atomic E-state index is -0.719. The summed E-state index contributed by atoms with van der Waals surface area (Å²) in [6, 6.07) is 2.29. The number of rotatable bonds is 1. The van der Waals surface area contributed by atoms with Gasteiger partial charge in [0.1, 0.15) is 5.82 Å². The minimum absolute atomic E-state index is 0.0448. The lowest BCUT2D eigenvalue weighted by Crippen LogP contribution is -2.38. The summed E-state index contributed by atoms with van der Waals surface area (Å²) < 4.78 is 20.0. The second kappa shape index (κ2) is 4.54. The lowest BCUT2D eigenvalue weighted by atomic mass is 10.2. The van der Waals surface area contributed by atoms with Gasteiger partial charge in [-0.25, -0.2) is 9.18 Å². The molecule has 1 N–H and O–H groups in total. The largest absolute Gasteiger partial charge is 0.331 e. The maximum Gasteiger partial charge on any atom is 0.323 e. The molecule has 0 aliphatic carbocycles. The van der Waals surface area contributed by atoms with E-state index in [4.69, 9.17) is 1.37 Å². The first-order valence-corrected chi connectivity index (χ1v) is 4.20. The van der Waals surface area contributed by atoms with Crippen LogP contribution in [-0.4, -0.2) is 30.9 Å². The number of carbonyl (C=O) groups is 2. The topological polar surface area (TPSA) is 49.4 Å². The molecule has 0 fully saturated rings. The molecule has 0 unspecified atom stereocenters. The normalized spacial score (nSPS) is 10.5. The van der Waals surface area contributed by atoms with Crippen molar-refractivity contribution >= 4 is 11.9 Å². The predicted molar refractivity (Wildman–Crippen MR) is 52.9 cm³/mol. The molecule has 1 aromatic rings. The lowest BCUT2D eigenvalue weighted by Gasteiger charge is -2.10. The Labute approximate surface area is 88.1 Å². The molecule has 0 aromatic heterocycles. The summed E-state index contributed by atoms with van der Waals surface area (Å²) in [6.07, 6.45) is 0. The van der Waals surface area contributed by atoms with E-state index in [-0.39, 0.29) is 11.6 Å². The molecule has 0 saturated heterocycles. The van der Waals surface area contributed by atoms with Crippen molar-refractivity contribution in [1.29, 1.82) is 0 Å². The molecule has 80 valence electrons. The Hall–Kier alpha value is -1.91. The maximum absolute atomic E-state index is 12.7. The van der Waals surface area contributed by atoms with E-state index in [0.717, 1.165) is 18.2 Å². The summed E-state index contributed by atoms with van der Waals surface area (Å²) in [6.45, 7) is 0. The van der Waals surface area contributed by atoms with E-state index in [1.54, 1.807) is 0 Å². The second-order valence-corrected chi connectivity index (χ2v) is 3.07. The Bertz CT molecular complexity index is 435. The highest BCUT2D eigenvalue weighted by Crippen LogP contribution is 2.02. The van der Waals surface area contributed by atoms with Crippen molar-refractivity contribution in [2.24, 2.45) is 0 Å². The van der Waals surface area contributed by atoms with Crippen LogP contribution in [-0.2, 0) is 0 Å². The standard InChI is InChI=1S/C10H11FN2O2/c1-13(2)10(15)12-9(14)7-3-5-8(11)6-4-7/h3-6H,1-2H3,(H,12,14,15)/i3D. The van der Waals surface area contributed by atoms with E-state index < -0.39 is 17.8 Å². The third kappa shape index (κ3) is 3.05. The number of nitrogens with one attached hydrogen (secondary N) is 1. The van der Waals surface area contributed by atoms with Crippen LogP contribution in [0.2, 0.25) is 0 Å². The number of carbonyl (C=O) groups excluding carboxylic acids is 2. The highest BCUT2D eigenvalue weighted by atomic mass is 19.1. The van der Waals surface area contributed by atoms with Gasteiger partial charge < -0.3 is 4.90 Å². The van der Waals surface area contributed by atoms with Gasteiger partial charge in [0.25, 0.3) is 5.91 Å². The van der Waals surface area contributed by atoms with Gasteiger partial charge in [-0.05, 0) is 24.2 Å². The van der Waals surface area contributed by atoms with Gasteiger partial charge in [0, 0.05) is 19.7 Å². The van der Waals surface area contributed by atoms with Gasteiger partial charge in [0.2, 0.25) is 0 Å². The SMILES string of the molecule is [2H]c1cc(F)ccc1C(=O)NC(=O)N(C)C. The van der Waals surface area contributed by atoms with Gasteiger partial charge in [-0.3, -0.25) is 10.1 Å². The average Bonchev–Trinajstić information content (AvgIpc) is 2.16. The Morgan fingerprint density at radius 2 is 2.07 bits per heavy atom. The Morgan fingerprint density at radius 3 is 2.60 bits per heavy atom. The third-order valence-corrected chi connectivity index (χ3v) is 1.65. The Morgan fingerprint density at radius 1 is 1.40 bits per heavy atom. The number of nitrogens with zero attached hydrogens (tertiary/aromatic N) is 1. The van der Waals surface area contributed by atoms with Gasteiger partial charge in [0.15, 0.2) is 0 Å². The second-order valence-electron chi connectivity index (χ2n) is 3.07. The predicted octanol–water partition coefficient (Wildman–Crippen LogP) is 1.24. The summed E-state index contributed by atoms with van der Waals surface area (Å²) >= 11 is 0. The average molecular weight is 211 g/mol. The van der Waals surface area contributed by atoms with Crippen molar-refractivity contribution < 1.29 is 15.4 Å². The monoisotopic (exact) mass is 211 g/mol. The van der Waals surface area contributed by atoms with Crippen LogP contribution >= 0.6 is 0 Å². The number of hydrogen-bond acceptors (Lipinski definition) is 2. The molecule has 1 aromatic carbocycles. The van der Waals surface area contributed by atoms with Gasteiger partial charge in [-0.15, -0.1) is 0 Å². The fraction of sp³-hybridized carbons (Fsp3) is 0.200. The van der Waals surface area contributed by atoms with Gasteiger partial charge in [0.05, 0.1) is 1.37 Å². The summed E-state index contributed by atoms with van der Waals surface area (Å²) in [7, 11) is 2.96. The molecule has 15 heavy (non-hydrogen) atoms. The van der Waals surface area contributed by atoms with Crippen molar-refractivity contribution in [2.45, 2.75) is 0 Å². The van der Waals surface area contributed by atoms with E-state index >= 15 is 0 Å². The number of urea groups is 1. The molecule has 0 heterocycles. The molecule has 0 bridgehead atoms. The first-order chi connectivity index (χ1) is 7.41. The van der Waals surface area contributed by atoms with Crippen LogP contribution in [0.3, 0.4) is 0 Å². The van der Waals surface area contributed by atoms with E-state index in [0.29, 0.717) is 0 Å². The van der Waals surface area contributed by atoms with E-state index in [1.807, 2.05) is 0 Å². The maximum atomic E-state index is 12.7. The van der Waals surface area contributed by atoms with E-state index in [9.17, 15) is 14.0 Å². The number of amides is 3. The first kappa shape index (κ1) is 9.64. The molecule has 3 amide bonds. The molecule has 4 nitrogen and oxygen atoms in total. The molecule has 5 heteroatoms. The van der Waals surface area contributed by atoms with Gasteiger partial charge in [-0.2, -0.15) is 0 Å². The van der Waals surface area contributed by atoms with Crippen molar-refractivity contribution in [2.75, 3.05) is 14.1 Å². The molecular formula is C10H11FN2O2. The quantitative estimate of drug-likeness (QED) is 0.759. The van der Waals surface area contributed by atoms with Crippen LogP contribution in [0.4, 0.5) is 9.18 Å². The van der Waals surface area contributed by atoms with Crippen LogP contribution in [0.15, 0.2) is 24.2 Å². The summed E-state index contributed by atoms with van der Waals surface area (Å²) in [5.41, 5.74) is -0.0448. The molecule has 0 saturated carbocycles. The zero-order valence-corrected chi connectivity index (χ0v) is 8.37. The molecule has 0 radical (unpaired) electrons. The highest BCUT2D eigenvalue weighted by molar-refractivity contribution is 6.04. The fourth-order valence-corrected chi connectivity index (χ4v) is 0.823. The molecule has 0 atom stereocenters. The summed E-state index contributed by atoms with van der Waals surface area (Å²) in [4.78, 5) is 23.8. The van der Waals surface area contributed by atoms with Crippen molar-refractivity contribution in [1.82, 2.24) is 10.2 Å². The summed E-state index contributed by atoms with van der Waals surface area (Å²) in [5, 5.41) is 2.06. The molecule has 0 aliphatic heterocycles. The van der Waals surface area contributed by atoms with Crippen LogP contribution in [0.1, 0.15) is 11.7 Å². The van der Waals surface area contributed by atoms with Crippen molar-refractivity contribution in [3.63, 3.8) is 0 Å². The van der Waals surface area contributed by atoms with Crippen molar-refractivity contribution in [3.8, 4) is 0 Å². The van der Waals surface area contributed by atoms with Crippen LogP contribution in [0.25, 0.3) is 0 Å². The third-order valence-electron chi connectivity index (χ3n) is 1.65. The van der Waals surface area contributed by atoms with E-state index in [1.165, 1.54) is 19.0 Å². The van der Waals surface area contributed by atoms with E-state index in [2.05, 4.69) is 5.32 Å². The fourth-order valence-electron chi connectivity index (χ4n) is 0.823. The Balaban J connectivity index is 2.85. The molecular weight excluding hydrogens is 199 g/mol. The first-order valence-electron chi connectivity index (χ1n) is 4.70. The summed E-state index contributed by atoms with van der Waals surface area (Å²) in [5.74, 6) is -1.32. The Kier molecular flexibility index (Phi) is 2.92. The molecule has 1 rings (SSSR count). The van der Waals surface area contributed by atoms with Crippen molar-refractivity contribution in [3.05, 3.63) is 35.6 Å². The number of benzene rings is 1. The number of hydrogen-bond donors (Lipinski definition) is 1. The van der Waals surface area contributed by atoms with Gasteiger partial charge in [-0.1, -0.05) is 0 Å². The highest BCUT2D eigenvalue weighted by Gasteiger charge is 2.10. The zero-order chi connectivity index (χ0) is 12.3. The van der Waals surface area contributed by atoms with Crippen LogP contribution in [0.5, 0.6) is 0 Å². The molecule has 0 aliphatic rings. The number of halogens is 1. The number of imide groups is 1. The lowest BCUT2D eigenvalue weighted by molar-refractivity contribution is 0.0957. The smallest absolute Gasteiger partial charge is 0.323 e. The minimum Gasteiger partial charge on any atom is -0.331 e. The van der Waals surface area contributed by atoms with Crippen LogP contribution in [0, 0.1) is 5.82 Å². The van der Waals surface area contributed by atoms with Crippen LogP contribution < -0.4 is 5.32 Å². The zero-order valence-electron chi connectivity index (χ0n) is 9.37.